The second-order valence-corrected chi connectivity index (χ2v) is 5.96. The van der Waals surface area contributed by atoms with E-state index in [9.17, 15) is 9.18 Å². The average molecular weight is 350 g/mol. The molecule has 6 heteroatoms. The first-order valence-corrected chi connectivity index (χ1v) is 8.22. The van der Waals surface area contributed by atoms with Crippen molar-refractivity contribution in [2.45, 2.75) is 20.4 Å². The molecular weight excluding hydrogens is 331 g/mol. The molecule has 0 aliphatic rings. The lowest BCUT2D eigenvalue weighted by Gasteiger charge is -2.09. The van der Waals surface area contributed by atoms with Crippen LogP contribution in [0.2, 0.25) is 0 Å². The van der Waals surface area contributed by atoms with Crippen LogP contribution in [0.4, 0.5) is 16.0 Å². The number of aromatic nitrogens is 2. The molecule has 1 amide bonds. The number of nitrogens with zero attached hydrogens (tertiary/aromatic N) is 2. The Balaban J connectivity index is 1.69. The maximum atomic E-state index is 13.6. The number of carbonyl (C=O) groups excluding carboxylic acids is 1. The zero-order valence-electron chi connectivity index (χ0n) is 14.6. The van der Waals surface area contributed by atoms with Crippen molar-refractivity contribution in [3.63, 3.8) is 0 Å². The molecule has 0 radical (unpaired) electrons. The average Bonchev–Trinajstić information content (AvgIpc) is 2.64. The minimum Gasteiger partial charge on any atom is -0.347 e. The number of halogens is 1. The summed E-state index contributed by atoms with van der Waals surface area (Å²) in [6, 6.07) is 13.8. The van der Waals surface area contributed by atoms with Crippen LogP contribution in [-0.2, 0) is 6.54 Å². The fourth-order valence-electron chi connectivity index (χ4n) is 2.40. The quantitative estimate of drug-likeness (QED) is 0.732. The molecule has 1 heterocycles. The van der Waals surface area contributed by atoms with Gasteiger partial charge < -0.3 is 10.6 Å². The first-order valence-electron chi connectivity index (χ1n) is 8.22. The van der Waals surface area contributed by atoms with Crippen LogP contribution in [0.1, 0.15) is 27.2 Å². The molecule has 0 fully saturated rings. The summed E-state index contributed by atoms with van der Waals surface area (Å²) in [6.07, 6.45) is 1.51. The lowest BCUT2D eigenvalue weighted by molar-refractivity contribution is 0.0945. The summed E-state index contributed by atoms with van der Waals surface area (Å²) in [5.74, 6) is -0.418. The van der Waals surface area contributed by atoms with Crippen LogP contribution in [-0.4, -0.2) is 15.9 Å². The molecule has 0 bridgehead atoms. The van der Waals surface area contributed by atoms with E-state index < -0.39 is 5.91 Å². The van der Waals surface area contributed by atoms with Crippen molar-refractivity contribution in [2.75, 3.05) is 5.32 Å². The second-order valence-electron chi connectivity index (χ2n) is 5.96. The Morgan fingerprint density at radius 3 is 2.65 bits per heavy atom. The van der Waals surface area contributed by atoms with Gasteiger partial charge in [0.2, 0.25) is 5.95 Å². The molecule has 3 rings (SSSR count). The number of rotatable bonds is 5. The first kappa shape index (κ1) is 17.5. The van der Waals surface area contributed by atoms with Crippen LogP contribution in [0, 0.1) is 19.7 Å². The molecule has 1 aromatic heterocycles. The predicted octanol–water partition coefficient (Wildman–Crippen LogP) is 3.91. The summed E-state index contributed by atoms with van der Waals surface area (Å²) < 4.78 is 13.6. The Kier molecular flexibility index (Phi) is 5.22. The standard InChI is InChI=1S/C20H19FN4O/c1-13-7-8-16(11-14(13)2)24-20-22-10-9-18(25-20)19(26)23-12-15-5-3-4-6-17(15)21/h3-11H,12H2,1-2H3,(H,23,26)(H,22,24,25). The third-order valence-corrected chi connectivity index (χ3v) is 4.05. The van der Waals surface area contributed by atoms with Gasteiger partial charge in [0.25, 0.3) is 5.91 Å². The third-order valence-electron chi connectivity index (χ3n) is 4.05. The molecule has 0 atom stereocenters. The molecule has 2 N–H and O–H groups in total. The van der Waals surface area contributed by atoms with E-state index in [-0.39, 0.29) is 18.1 Å². The number of amides is 1. The van der Waals surface area contributed by atoms with Gasteiger partial charge in [0.05, 0.1) is 0 Å². The molecule has 2 aromatic carbocycles. The fraction of sp³-hybridized carbons (Fsp3) is 0.150. The molecule has 0 saturated carbocycles. The lowest BCUT2D eigenvalue weighted by Crippen LogP contribution is -2.24. The largest absolute Gasteiger partial charge is 0.347 e. The minimum absolute atomic E-state index is 0.0927. The Morgan fingerprint density at radius 1 is 1.08 bits per heavy atom. The molecule has 0 unspecified atom stereocenters. The SMILES string of the molecule is Cc1ccc(Nc2nccc(C(=O)NCc3ccccc3F)n2)cc1C. The van der Waals surface area contributed by atoms with Crippen LogP contribution < -0.4 is 10.6 Å². The van der Waals surface area contributed by atoms with E-state index in [1.54, 1.807) is 18.2 Å². The molecule has 26 heavy (non-hydrogen) atoms. The number of nitrogens with one attached hydrogen (secondary N) is 2. The highest BCUT2D eigenvalue weighted by Gasteiger charge is 2.10. The molecule has 132 valence electrons. The van der Waals surface area contributed by atoms with Gasteiger partial charge in [0, 0.05) is 24.0 Å². The smallest absolute Gasteiger partial charge is 0.270 e. The second kappa shape index (κ2) is 7.74. The molecule has 0 saturated heterocycles. The highest BCUT2D eigenvalue weighted by molar-refractivity contribution is 5.92. The summed E-state index contributed by atoms with van der Waals surface area (Å²) in [5, 5.41) is 5.75. The van der Waals surface area contributed by atoms with Gasteiger partial charge in [-0.1, -0.05) is 24.3 Å². The van der Waals surface area contributed by atoms with E-state index in [1.807, 2.05) is 32.0 Å². The van der Waals surface area contributed by atoms with Gasteiger partial charge in [-0.25, -0.2) is 14.4 Å². The molecule has 0 aliphatic heterocycles. The predicted molar refractivity (Wildman–Crippen MR) is 98.8 cm³/mol. The van der Waals surface area contributed by atoms with Crippen LogP contribution in [0.5, 0.6) is 0 Å². The highest BCUT2D eigenvalue weighted by atomic mass is 19.1. The van der Waals surface area contributed by atoms with Gasteiger partial charge in [0.15, 0.2) is 0 Å². The molecule has 0 aliphatic carbocycles. The van der Waals surface area contributed by atoms with E-state index in [1.165, 1.54) is 23.9 Å². The lowest BCUT2D eigenvalue weighted by atomic mass is 10.1. The van der Waals surface area contributed by atoms with E-state index >= 15 is 0 Å². The normalized spacial score (nSPS) is 10.4. The number of benzene rings is 2. The van der Waals surface area contributed by atoms with Crippen LogP contribution in [0.3, 0.4) is 0 Å². The first-order chi connectivity index (χ1) is 12.5. The van der Waals surface area contributed by atoms with Crippen molar-refractivity contribution in [1.82, 2.24) is 15.3 Å². The number of hydrogen-bond donors (Lipinski definition) is 2. The maximum Gasteiger partial charge on any atom is 0.270 e. The van der Waals surface area contributed by atoms with Gasteiger partial charge in [-0.2, -0.15) is 0 Å². The highest BCUT2D eigenvalue weighted by Crippen LogP contribution is 2.17. The van der Waals surface area contributed by atoms with Crippen LogP contribution >= 0.6 is 0 Å². The Bertz CT molecular complexity index is 943. The summed E-state index contributed by atoms with van der Waals surface area (Å²) in [4.78, 5) is 20.6. The zero-order chi connectivity index (χ0) is 18.5. The van der Waals surface area contributed by atoms with Crippen molar-refractivity contribution >= 4 is 17.5 Å². The van der Waals surface area contributed by atoms with Gasteiger partial charge in [-0.15, -0.1) is 0 Å². The van der Waals surface area contributed by atoms with Gasteiger partial charge >= 0.3 is 0 Å². The molecule has 5 nitrogen and oxygen atoms in total. The van der Waals surface area contributed by atoms with E-state index in [4.69, 9.17) is 0 Å². The number of hydrogen-bond acceptors (Lipinski definition) is 4. The van der Waals surface area contributed by atoms with Crippen molar-refractivity contribution in [2.24, 2.45) is 0 Å². The third kappa shape index (κ3) is 4.22. The molecule has 3 aromatic rings. The van der Waals surface area contributed by atoms with Gasteiger partial charge in [-0.3, -0.25) is 4.79 Å². The van der Waals surface area contributed by atoms with Crippen molar-refractivity contribution in [3.05, 3.63) is 82.9 Å². The van der Waals surface area contributed by atoms with Gasteiger partial charge in [0.1, 0.15) is 11.5 Å². The summed E-state index contributed by atoms with van der Waals surface area (Å²) in [6.45, 7) is 4.15. The summed E-state index contributed by atoms with van der Waals surface area (Å²) in [7, 11) is 0. The van der Waals surface area contributed by atoms with Crippen molar-refractivity contribution in [3.8, 4) is 0 Å². The maximum absolute atomic E-state index is 13.6. The number of anilines is 2. The Hall–Kier alpha value is -3.28. The van der Waals surface area contributed by atoms with Crippen molar-refractivity contribution < 1.29 is 9.18 Å². The van der Waals surface area contributed by atoms with Crippen LogP contribution in [0.15, 0.2) is 54.7 Å². The van der Waals surface area contributed by atoms with Gasteiger partial charge in [-0.05, 0) is 49.2 Å². The Morgan fingerprint density at radius 2 is 1.88 bits per heavy atom. The number of carbonyl (C=O) groups is 1. The summed E-state index contributed by atoms with van der Waals surface area (Å²) >= 11 is 0. The van der Waals surface area contributed by atoms with Crippen LogP contribution in [0.25, 0.3) is 0 Å². The minimum atomic E-state index is -0.390. The van der Waals surface area contributed by atoms with E-state index in [0.29, 0.717) is 11.5 Å². The van der Waals surface area contributed by atoms with E-state index in [0.717, 1.165) is 11.3 Å². The Labute approximate surface area is 151 Å². The van der Waals surface area contributed by atoms with Crippen molar-refractivity contribution in [1.29, 1.82) is 0 Å². The molecule has 0 spiro atoms. The summed E-state index contributed by atoms with van der Waals surface area (Å²) in [5.41, 5.74) is 3.81. The topological polar surface area (TPSA) is 66.9 Å². The molecular formula is C20H19FN4O. The monoisotopic (exact) mass is 350 g/mol. The zero-order valence-corrected chi connectivity index (χ0v) is 14.6. The number of aryl methyl sites for hydroxylation is 2. The van der Waals surface area contributed by atoms with E-state index in [2.05, 4.69) is 20.6 Å². The fourth-order valence-corrected chi connectivity index (χ4v) is 2.40.